The number of H-pyrrole nitrogens is 1. The fourth-order valence-corrected chi connectivity index (χ4v) is 2.17. The van der Waals surface area contributed by atoms with Gasteiger partial charge in [-0.2, -0.15) is 5.10 Å². The highest BCUT2D eigenvalue weighted by atomic mass is 79.9. The predicted octanol–water partition coefficient (Wildman–Crippen LogP) is 2.90. The Morgan fingerprint density at radius 1 is 1.19 bits per heavy atom. The Morgan fingerprint density at radius 3 is 2.71 bits per heavy atom. The van der Waals surface area contributed by atoms with Crippen LogP contribution in [0.2, 0.25) is 0 Å². The SMILES string of the molecule is O=c1[nH]ncn1-c1cccc(OCc2ccc(Br)cc2)c1. The van der Waals surface area contributed by atoms with Gasteiger partial charge in [-0.15, -0.1) is 0 Å². The van der Waals surface area contributed by atoms with Crippen LogP contribution in [0.15, 0.2) is 64.1 Å². The fraction of sp³-hybridized carbons (Fsp3) is 0.0667. The third-order valence-electron chi connectivity index (χ3n) is 2.97. The number of benzene rings is 2. The second-order valence-corrected chi connectivity index (χ2v) is 5.36. The Hall–Kier alpha value is -2.34. The molecule has 1 aromatic heterocycles. The van der Waals surface area contributed by atoms with Crippen molar-refractivity contribution in [3.8, 4) is 11.4 Å². The smallest absolute Gasteiger partial charge is 0.347 e. The van der Waals surface area contributed by atoms with Crippen LogP contribution in [-0.4, -0.2) is 14.8 Å². The van der Waals surface area contributed by atoms with Crippen molar-refractivity contribution in [3.63, 3.8) is 0 Å². The van der Waals surface area contributed by atoms with Crippen molar-refractivity contribution in [1.82, 2.24) is 14.8 Å². The molecule has 0 aliphatic rings. The molecular weight excluding hydrogens is 334 g/mol. The van der Waals surface area contributed by atoms with Crippen LogP contribution in [0, 0.1) is 0 Å². The number of rotatable bonds is 4. The molecule has 0 spiro atoms. The lowest BCUT2D eigenvalue weighted by molar-refractivity contribution is 0.306. The predicted molar refractivity (Wildman–Crippen MR) is 82.7 cm³/mol. The molecule has 0 fully saturated rings. The fourth-order valence-electron chi connectivity index (χ4n) is 1.90. The van der Waals surface area contributed by atoms with Gasteiger partial charge in [-0.25, -0.2) is 14.5 Å². The number of nitrogens with one attached hydrogen (secondary N) is 1. The van der Waals surface area contributed by atoms with E-state index in [1.807, 2.05) is 42.5 Å². The maximum atomic E-state index is 11.5. The zero-order valence-electron chi connectivity index (χ0n) is 11.0. The third kappa shape index (κ3) is 3.22. The third-order valence-corrected chi connectivity index (χ3v) is 3.50. The average Bonchev–Trinajstić information content (AvgIpc) is 2.93. The normalized spacial score (nSPS) is 10.5. The molecule has 21 heavy (non-hydrogen) atoms. The molecule has 1 heterocycles. The average molecular weight is 346 g/mol. The molecule has 0 radical (unpaired) electrons. The van der Waals surface area contributed by atoms with E-state index in [9.17, 15) is 4.79 Å². The van der Waals surface area contributed by atoms with Crippen LogP contribution in [0.5, 0.6) is 5.75 Å². The van der Waals surface area contributed by atoms with E-state index in [1.165, 1.54) is 10.9 Å². The second kappa shape index (κ2) is 5.97. The zero-order chi connectivity index (χ0) is 14.7. The minimum Gasteiger partial charge on any atom is -0.489 e. The summed E-state index contributed by atoms with van der Waals surface area (Å²) in [6, 6.07) is 15.3. The Morgan fingerprint density at radius 2 is 2.00 bits per heavy atom. The van der Waals surface area contributed by atoms with Gasteiger partial charge in [-0.05, 0) is 29.8 Å². The van der Waals surface area contributed by atoms with Crippen LogP contribution in [0.1, 0.15) is 5.56 Å². The Labute approximate surface area is 129 Å². The molecule has 6 heteroatoms. The molecule has 0 unspecified atom stereocenters. The molecular formula is C15H12BrN3O2. The Bertz CT molecular complexity index is 793. The quantitative estimate of drug-likeness (QED) is 0.790. The van der Waals surface area contributed by atoms with E-state index in [1.54, 1.807) is 6.07 Å². The first-order valence-electron chi connectivity index (χ1n) is 6.32. The van der Waals surface area contributed by atoms with Gasteiger partial charge in [-0.3, -0.25) is 0 Å². The highest BCUT2D eigenvalue weighted by Crippen LogP contribution is 2.18. The molecule has 2 aromatic carbocycles. The van der Waals surface area contributed by atoms with E-state index < -0.39 is 0 Å². The zero-order valence-corrected chi connectivity index (χ0v) is 12.6. The summed E-state index contributed by atoms with van der Waals surface area (Å²) in [7, 11) is 0. The topological polar surface area (TPSA) is 59.9 Å². The van der Waals surface area contributed by atoms with E-state index in [2.05, 4.69) is 26.1 Å². The first-order chi connectivity index (χ1) is 10.2. The number of hydrogen-bond donors (Lipinski definition) is 1. The molecule has 3 aromatic rings. The van der Waals surface area contributed by atoms with Gasteiger partial charge < -0.3 is 4.74 Å². The highest BCUT2D eigenvalue weighted by Gasteiger charge is 2.03. The number of ether oxygens (including phenoxy) is 1. The Kier molecular flexibility index (Phi) is 3.87. The lowest BCUT2D eigenvalue weighted by atomic mass is 10.2. The molecule has 106 valence electrons. The standard InChI is InChI=1S/C15H12BrN3O2/c16-12-6-4-11(5-7-12)9-21-14-3-1-2-13(8-14)19-10-17-18-15(19)20/h1-8,10H,9H2,(H,18,20). The minimum absolute atomic E-state index is 0.278. The van der Waals surface area contributed by atoms with Crippen LogP contribution >= 0.6 is 15.9 Å². The number of halogens is 1. The molecule has 3 rings (SSSR count). The maximum absolute atomic E-state index is 11.5. The van der Waals surface area contributed by atoms with E-state index in [4.69, 9.17) is 4.74 Å². The molecule has 0 atom stereocenters. The van der Waals surface area contributed by atoms with Crippen LogP contribution in [0.4, 0.5) is 0 Å². The maximum Gasteiger partial charge on any atom is 0.347 e. The Balaban J connectivity index is 1.76. The lowest BCUT2D eigenvalue weighted by Crippen LogP contribution is -2.14. The van der Waals surface area contributed by atoms with Gasteiger partial charge in [0.2, 0.25) is 0 Å². The molecule has 0 amide bonds. The van der Waals surface area contributed by atoms with Crippen LogP contribution in [-0.2, 0) is 6.61 Å². The summed E-state index contributed by atoms with van der Waals surface area (Å²) in [4.78, 5) is 11.5. The number of aromatic nitrogens is 3. The molecule has 0 aliphatic heterocycles. The summed E-state index contributed by atoms with van der Waals surface area (Å²) in [5.74, 6) is 0.698. The van der Waals surface area contributed by atoms with E-state index >= 15 is 0 Å². The summed E-state index contributed by atoms with van der Waals surface area (Å²) in [6.07, 6.45) is 1.44. The molecule has 5 nitrogen and oxygen atoms in total. The van der Waals surface area contributed by atoms with Gasteiger partial charge in [0.15, 0.2) is 0 Å². The minimum atomic E-state index is -0.278. The first kappa shape index (κ1) is 13.6. The molecule has 0 saturated carbocycles. The summed E-state index contributed by atoms with van der Waals surface area (Å²) in [5, 5.41) is 6.07. The summed E-state index contributed by atoms with van der Waals surface area (Å²) in [5.41, 5.74) is 1.51. The second-order valence-electron chi connectivity index (χ2n) is 4.44. The lowest BCUT2D eigenvalue weighted by Gasteiger charge is -2.08. The van der Waals surface area contributed by atoms with Gasteiger partial charge in [0.1, 0.15) is 18.7 Å². The van der Waals surface area contributed by atoms with Crippen LogP contribution < -0.4 is 10.4 Å². The van der Waals surface area contributed by atoms with Crippen molar-refractivity contribution >= 4 is 15.9 Å². The van der Waals surface area contributed by atoms with Crippen molar-refractivity contribution in [2.75, 3.05) is 0 Å². The van der Waals surface area contributed by atoms with Gasteiger partial charge >= 0.3 is 5.69 Å². The van der Waals surface area contributed by atoms with Gasteiger partial charge in [0.05, 0.1) is 5.69 Å². The number of aromatic amines is 1. The number of nitrogens with zero attached hydrogens (tertiary/aromatic N) is 2. The monoisotopic (exact) mass is 345 g/mol. The molecule has 0 saturated heterocycles. The van der Waals surface area contributed by atoms with Crippen molar-refractivity contribution in [3.05, 3.63) is 75.4 Å². The van der Waals surface area contributed by atoms with Gasteiger partial charge in [0.25, 0.3) is 0 Å². The summed E-state index contributed by atoms with van der Waals surface area (Å²) >= 11 is 3.40. The van der Waals surface area contributed by atoms with Crippen molar-refractivity contribution in [1.29, 1.82) is 0 Å². The van der Waals surface area contributed by atoms with Crippen LogP contribution in [0.25, 0.3) is 5.69 Å². The highest BCUT2D eigenvalue weighted by molar-refractivity contribution is 9.10. The molecule has 0 bridgehead atoms. The number of hydrogen-bond acceptors (Lipinski definition) is 3. The molecule has 1 N–H and O–H groups in total. The largest absolute Gasteiger partial charge is 0.489 e. The molecule has 0 aliphatic carbocycles. The van der Waals surface area contributed by atoms with Crippen LogP contribution in [0.3, 0.4) is 0 Å². The van der Waals surface area contributed by atoms with E-state index in [0.29, 0.717) is 18.0 Å². The van der Waals surface area contributed by atoms with Crippen molar-refractivity contribution < 1.29 is 4.74 Å². The van der Waals surface area contributed by atoms with Crippen molar-refractivity contribution in [2.24, 2.45) is 0 Å². The summed E-state index contributed by atoms with van der Waals surface area (Å²) < 4.78 is 8.21. The van der Waals surface area contributed by atoms with Gasteiger partial charge in [-0.1, -0.05) is 34.1 Å². The van der Waals surface area contributed by atoms with E-state index in [-0.39, 0.29) is 5.69 Å². The summed E-state index contributed by atoms with van der Waals surface area (Å²) in [6.45, 7) is 0.469. The van der Waals surface area contributed by atoms with E-state index in [0.717, 1.165) is 10.0 Å². The van der Waals surface area contributed by atoms with Gasteiger partial charge in [0, 0.05) is 10.5 Å². The van der Waals surface area contributed by atoms with Crippen molar-refractivity contribution in [2.45, 2.75) is 6.61 Å². The first-order valence-corrected chi connectivity index (χ1v) is 7.11.